The zero-order valence-corrected chi connectivity index (χ0v) is 19.2. The van der Waals surface area contributed by atoms with Gasteiger partial charge in [0, 0.05) is 23.6 Å². The Bertz CT molecular complexity index is 1220. The minimum atomic E-state index is -0.806. The topological polar surface area (TPSA) is 89.3 Å². The number of aryl methyl sites for hydroxylation is 1. The van der Waals surface area contributed by atoms with Crippen molar-refractivity contribution >= 4 is 29.1 Å². The highest BCUT2D eigenvalue weighted by Crippen LogP contribution is 2.39. The lowest BCUT2D eigenvalue weighted by Crippen LogP contribution is -2.36. The van der Waals surface area contributed by atoms with Gasteiger partial charge in [-0.1, -0.05) is 54.3 Å². The number of benzene rings is 2. The maximum absolute atomic E-state index is 13.5. The minimum absolute atomic E-state index is 0.0682. The summed E-state index contributed by atoms with van der Waals surface area (Å²) in [5, 5.41) is 13.9. The van der Waals surface area contributed by atoms with Crippen LogP contribution in [0.2, 0.25) is 5.02 Å². The third kappa shape index (κ3) is 4.89. The molecule has 1 aromatic heterocycles. The second-order valence-corrected chi connectivity index (χ2v) is 8.29. The number of nitrogens with zero attached hydrogens (tertiary/aromatic N) is 2. The number of carbonyl (C=O) groups is 2. The van der Waals surface area contributed by atoms with E-state index in [1.54, 1.807) is 60.8 Å². The zero-order chi connectivity index (χ0) is 24.1. The molecule has 8 heteroatoms. The molecule has 2 aromatic carbocycles. The van der Waals surface area contributed by atoms with Crippen molar-refractivity contribution < 1.29 is 24.0 Å². The fourth-order valence-corrected chi connectivity index (χ4v) is 4.22. The van der Waals surface area contributed by atoms with Crippen molar-refractivity contribution in [3.8, 4) is 5.75 Å². The van der Waals surface area contributed by atoms with Crippen LogP contribution in [0.1, 0.15) is 23.6 Å². The minimum Gasteiger partial charge on any atom is -0.872 e. The summed E-state index contributed by atoms with van der Waals surface area (Å²) in [7, 11) is 0. The Morgan fingerprint density at radius 2 is 2.03 bits per heavy atom. The van der Waals surface area contributed by atoms with Gasteiger partial charge in [-0.2, -0.15) is 0 Å². The van der Waals surface area contributed by atoms with Gasteiger partial charge in [0.25, 0.3) is 5.91 Å². The maximum atomic E-state index is 13.5. The van der Waals surface area contributed by atoms with E-state index in [4.69, 9.17) is 16.3 Å². The van der Waals surface area contributed by atoms with Gasteiger partial charge in [0.1, 0.15) is 24.8 Å². The van der Waals surface area contributed by atoms with Crippen LogP contribution in [-0.4, -0.2) is 34.7 Å². The van der Waals surface area contributed by atoms with E-state index in [1.165, 1.54) is 4.90 Å². The van der Waals surface area contributed by atoms with Crippen LogP contribution in [0.15, 0.2) is 85.5 Å². The van der Waals surface area contributed by atoms with E-state index in [-0.39, 0.29) is 5.57 Å². The third-order valence-electron chi connectivity index (χ3n) is 5.60. The first-order valence-electron chi connectivity index (χ1n) is 10.9. The lowest BCUT2D eigenvalue weighted by atomic mass is 9.95. The molecule has 2 heterocycles. The van der Waals surface area contributed by atoms with Crippen molar-refractivity contribution in [3.63, 3.8) is 0 Å². The molecule has 1 aliphatic heterocycles. The Balaban J connectivity index is 1.69. The average molecular weight is 478 g/mol. The number of aromatic nitrogens is 2. The first-order valence-corrected chi connectivity index (χ1v) is 11.3. The van der Waals surface area contributed by atoms with Crippen molar-refractivity contribution in [2.75, 3.05) is 13.2 Å². The predicted molar refractivity (Wildman–Crippen MR) is 126 cm³/mol. The number of H-pyrrole nitrogens is 1. The average Bonchev–Trinajstić information content (AvgIpc) is 3.45. The fraction of sp³-hybridized carbons (Fsp3) is 0.192. The van der Waals surface area contributed by atoms with Crippen LogP contribution in [0.5, 0.6) is 5.75 Å². The van der Waals surface area contributed by atoms with Crippen LogP contribution in [0.4, 0.5) is 0 Å². The molecular formula is C26H24ClN3O4. The molecule has 1 unspecified atom stereocenters. The van der Waals surface area contributed by atoms with E-state index in [1.807, 2.05) is 17.1 Å². The molecule has 0 saturated carbocycles. The molecule has 1 amide bonds. The Morgan fingerprint density at radius 3 is 2.71 bits per heavy atom. The van der Waals surface area contributed by atoms with Crippen molar-refractivity contribution in [1.82, 2.24) is 9.88 Å². The molecule has 1 fully saturated rings. The molecule has 4 rings (SSSR count). The zero-order valence-electron chi connectivity index (χ0n) is 18.4. The Kier molecular flexibility index (Phi) is 7.13. The number of ether oxygens (including phenoxy) is 1. The number of Topliss-reactive ketones (excluding diaryl/α,β-unsaturated/α-hetero) is 1. The summed E-state index contributed by atoms with van der Waals surface area (Å²) in [5.41, 5.74) is 0.857. The first kappa shape index (κ1) is 23.3. The summed E-state index contributed by atoms with van der Waals surface area (Å²) < 4.78 is 7.41. The van der Waals surface area contributed by atoms with E-state index in [9.17, 15) is 14.7 Å². The van der Waals surface area contributed by atoms with Gasteiger partial charge in [0.2, 0.25) is 12.1 Å². The SMILES string of the molecule is C=CCOc1ccc(/C([O-])=C2\C(=O)C(=O)N(CCC[n+]3cc[nH]c3)C2c2cccc(Cl)c2)cc1. The fourth-order valence-electron chi connectivity index (χ4n) is 4.02. The van der Waals surface area contributed by atoms with E-state index < -0.39 is 23.5 Å². The molecule has 0 bridgehead atoms. The molecule has 0 radical (unpaired) electrons. The van der Waals surface area contributed by atoms with Crippen molar-refractivity contribution in [2.24, 2.45) is 0 Å². The number of rotatable bonds is 9. The van der Waals surface area contributed by atoms with Crippen LogP contribution in [0, 0.1) is 0 Å². The number of likely N-dealkylation sites (tertiary alicyclic amines) is 1. The van der Waals surface area contributed by atoms with Crippen molar-refractivity contribution in [1.29, 1.82) is 0 Å². The number of carbonyl (C=O) groups excluding carboxylic acids is 2. The number of imidazole rings is 1. The van der Waals surface area contributed by atoms with Gasteiger partial charge in [-0.3, -0.25) is 14.6 Å². The number of hydrogen-bond donors (Lipinski definition) is 1. The molecule has 174 valence electrons. The van der Waals surface area contributed by atoms with Crippen LogP contribution in [0.3, 0.4) is 0 Å². The lowest BCUT2D eigenvalue weighted by Gasteiger charge is -2.27. The summed E-state index contributed by atoms with van der Waals surface area (Å²) in [6.45, 7) is 4.91. The molecule has 34 heavy (non-hydrogen) atoms. The number of hydrogen-bond acceptors (Lipinski definition) is 4. The molecule has 7 nitrogen and oxygen atoms in total. The van der Waals surface area contributed by atoms with Gasteiger partial charge < -0.3 is 14.7 Å². The predicted octanol–water partition coefficient (Wildman–Crippen LogP) is 2.83. The second-order valence-electron chi connectivity index (χ2n) is 7.85. The van der Waals surface area contributed by atoms with Crippen LogP contribution in [0.25, 0.3) is 5.76 Å². The van der Waals surface area contributed by atoms with E-state index in [0.29, 0.717) is 48.0 Å². The van der Waals surface area contributed by atoms with Gasteiger partial charge in [0.15, 0.2) is 0 Å². The van der Waals surface area contributed by atoms with Crippen LogP contribution in [-0.2, 0) is 16.1 Å². The van der Waals surface area contributed by atoms with Crippen molar-refractivity contribution in [2.45, 2.75) is 19.0 Å². The van der Waals surface area contributed by atoms with Gasteiger partial charge in [0.05, 0.1) is 12.6 Å². The molecular weight excluding hydrogens is 454 g/mol. The summed E-state index contributed by atoms with van der Waals surface area (Å²) in [6.07, 6.45) is 7.73. The molecule has 3 aromatic rings. The molecule has 0 aliphatic carbocycles. The summed E-state index contributed by atoms with van der Waals surface area (Å²) in [4.78, 5) is 30.5. The largest absolute Gasteiger partial charge is 0.872 e. The molecule has 1 atom stereocenters. The lowest BCUT2D eigenvalue weighted by molar-refractivity contribution is -0.695. The monoisotopic (exact) mass is 477 g/mol. The van der Waals surface area contributed by atoms with Gasteiger partial charge in [-0.05, 0) is 35.4 Å². The highest BCUT2D eigenvalue weighted by atomic mass is 35.5. The van der Waals surface area contributed by atoms with Crippen molar-refractivity contribution in [3.05, 3.63) is 102 Å². The standard InChI is InChI=1S/C26H24ClN3O4/c1-2-15-34-21-9-7-18(8-10-21)24(31)22-23(19-5-3-6-20(27)16-19)30(26(33)25(22)32)13-4-12-29-14-11-28-17-29/h2-3,5-11,14,16-17,23H,1,4,12-13,15H2,(H,31,32). The number of aromatic amines is 1. The van der Waals surface area contributed by atoms with E-state index in [0.717, 1.165) is 0 Å². The highest BCUT2D eigenvalue weighted by molar-refractivity contribution is 6.46. The number of halogens is 1. The summed E-state index contributed by atoms with van der Waals surface area (Å²) in [5.74, 6) is -1.37. The molecule has 1 saturated heterocycles. The Morgan fingerprint density at radius 1 is 1.24 bits per heavy atom. The van der Waals surface area contributed by atoms with Crippen LogP contribution < -0.4 is 14.4 Å². The summed E-state index contributed by atoms with van der Waals surface area (Å²) >= 11 is 6.21. The molecule has 0 spiro atoms. The van der Waals surface area contributed by atoms with E-state index in [2.05, 4.69) is 11.6 Å². The van der Waals surface area contributed by atoms with E-state index >= 15 is 0 Å². The number of amides is 1. The molecule has 1 N–H and O–H groups in total. The molecule has 1 aliphatic rings. The smallest absolute Gasteiger partial charge is 0.295 e. The summed E-state index contributed by atoms with van der Waals surface area (Å²) in [6, 6.07) is 12.6. The quantitative estimate of drug-likeness (QED) is 0.169. The normalized spacial score (nSPS) is 17.2. The second kappa shape index (κ2) is 10.4. The Hall–Kier alpha value is -3.84. The highest BCUT2D eigenvalue weighted by Gasteiger charge is 2.44. The van der Waals surface area contributed by atoms with Crippen LogP contribution >= 0.6 is 11.6 Å². The third-order valence-corrected chi connectivity index (χ3v) is 5.83. The first-order chi connectivity index (χ1) is 16.5. The maximum Gasteiger partial charge on any atom is 0.295 e. The number of ketones is 1. The van der Waals surface area contributed by atoms with Gasteiger partial charge >= 0.3 is 0 Å². The van der Waals surface area contributed by atoms with Gasteiger partial charge in [-0.25, -0.2) is 4.57 Å². The number of nitrogens with one attached hydrogen (secondary N) is 1. The Labute approximate surface area is 202 Å². The van der Waals surface area contributed by atoms with Gasteiger partial charge in [-0.15, -0.1) is 0 Å².